The first kappa shape index (κ1) is 11.2. The summed E-state index contributed by atoms with van der Waals surface area (Å²) < 4.78 is 29.6. The highest BCUT2D eigenvalue weighted by molar-refractivity contribution is 5.86. The molecular formula is C8H8F2N2O3. The average molecular weight is 218 g/mol. The lowest BCUT2D eigenvalue weighted by Crippen LogP contribution is -2.07. The number of carboxylic acids is 1. The van der Waals surface area contributed by atoms with Crippen LogP contribution in [-0.2, 0) is 0 Å². The number of aromatic carboxylic acids is 1. The molecule has 82 valence electrons. The summed E-state index contributed by atoms with van der Waals surface area (Å²) in [6.45, 7) is 0. The van der Waals surface area contributed by atoms with Crippen LogP contribution in [0.15, 0.2) is 6.07 Å². The number of anilines is 1. The van der Waals surface area contributed by atoms with Crippen molar-refractivity contribution in [3.63, 3.8) is 0 Å². The summed E-state index contributed by atoms with van der Waals surface area (Å²) in [5.74, 6) is -2.09. The number of nitrogens with two attached hydrogens (primary N) is 1. The number of carbonyl (C=O) groups is 1. The molecular weight excluding hydrogens is 210 g/mol. The van der Waals surface area contributed by atoms with Gasteiger partial charge in [-0.2, -0.15) is 0 Å². The van der Waals surface area contributed by atoms with E-state index in [2.05, 4.69) is 9.72 Å². The van der Waals surface area contributed by atoms with E-state index in [4.69, 9.17) is 10.8 Å². The average Bonchev–Trinajstić information content (AvgIpc) is 2.16. The summed E-state index contributed by atoms with van der Waals surface area (Å²) in [4.78, 5) is 13.9. The highest BCUT2D eigenvalue weighted by Gasteiger charge is 2.20. The van der Waals surface area contributed by atoms with Crippen LogP contribution in [0.25, 0.3) is 0 Å². The van der Waals surface area contributed by atoms with Crippen molar-refractivity contribution in [3.8, 4) is 5.75 Å². The van der Waals surface area contributed by atoms with Crippen LogP contribution in [0, 0.1) is 0 Å². The number of nitrogens with zero attached hydrogens (tertiary/aromatic N) is 1. The summed E-state index contributed by atoms with van der Waals surface area (Å²) in [6, 6.07) is 0.738. The Bertz CT molecular complexity index is 396. The second-order valence-corrected chi connectivity index (χ2v) is 2.62. The quantitative estimate of drug-likeness (QED) is 0.798. The maximum atomic E-state index is 12.5. The zero-order valence-corrected chi connectivity index (χ0v) is 7.70. The number of halogens is 2. The first-order valence-electron chi connectivity index (χ1n) is 3.83. The number of methoxy groups -OCH3 is 1. The molecule has 0 saturated carbocycles. The van der Waals surface area contributed by atoms with E-state index in [9.17, 15) is 13.6 Å². The molecule has 1 aromatic heterocycles. The van der Waals surface area contributed by atoms with Gasteiger partial charge in [0.1, 0.15) is 0 Å². The third-order valence-electron chi connectivity index (χ3n) is 1.69. The fraction of sp³-hybridized carbons (Fsp3) is 0.250. The molecule has 1 heterocycles. The Morgan fingerprint density at radius 1 is 1.67 bits per heavy atom. The standard InChI is InChI=1S/C8H8F2N2O3/c1-15-5-3(6(9)10)2-4(8(13)14)12-7(5)11/h2,6H,1H3,(H2,11,12)(H,13,14). The number of nitrogen functional groups attached to an aromatic ring is 1. The van der Waals surface area contributed by atoms with Gasteiger partial charge >= 0.3 is 5.97 Å². The smallest absolute Gasteiger partial charge is 0.354 e. The van der Waals surface area contributed by atoms with Gasteiger partial charge in [-0.25, -0.2) is 18.6 Å². The van der Waals surface area contributed by atoms with Crippen LogP contribution in [0.5, 0.6) is 5.75 Å². The van der Waals surface area contributed by atoms with E-state index in [1.54, 1.807) is 0 Å². The van der Waals surface area contributed by atoms with Crippen LogP contribution in [-0.4, -0.2) is 23.2 Å². The minimum absolute atomic E-state index is 0.296. The lowest BCUT2D eigenvalue weighted by Gasteiger charge is -2.10. The lowest BCUT2D eigenvalue weighted by molar-refractivity contribution is 0.0690. The number of carboxylic acid groups (broad SMARTS) is 1. The first-order valence-corrected chi connectivity index (χ1v) is 3.83. The highest BCUT2D eigenvalue weighted by atomic mass is 19.3. The summed E-state index contributed by atoms with van der Waals surface area (Å²) in [6.07, 6.45) is -2.87. The zero-order chi connectivity index (χ0) is 11.6. The lowest BCUT2D eigenvalue weighted by atomic mass is 10.2. The third-order valence-corrected chi connectivity index (χ3v) is 1.69. The molecule has 7 heteroatoms. The van der Waals surface area contributed by atoms with Crippen molar-refractivity contribution in [3.05, 3.63) is 17.3 Å². The third kappa shape index (κ3) is 2.12. The second kappa shape index (κ2) is 4.07. The fourth-order valence-corrected chi connectivity index (χ4v) is 1.07. The van der Waals surface area contributed by atoms with Gasteiger partial charge in [0.2, 0.25) is 0 Å². The van der Waals surface area contributed by atoms with Crippen LogP contribution in [0.1, 0.15) is 22.5 Å². The summed E-state index contributed by atoms with van der Waals surface area (Å²) >= 11 is 0. The van der Waals surface area contributed by atoms with E-state index in [1.165, 1.54) is 0 Å². The van der Waals surface area contributed by atoms with Gasteiger partial charge in [0.25, 0.3) is 6.43 Å². The molecule has 0 aliphatic heterocycles. The van der Waals surface area contributed by atoms with E-state index in [0.717, 1.165) is 13.2 Å². The van der Waals surface area contributed by atoms with Crippen molar-refractivity contribution in [2.24, 2.45) is 0 Å². The molecule has 0 atom stereocenters. The molecule has 15 heavy (non-hydrogen) atoms. The van der Waals surface area contributed by atoms with Gasteiger partial charge in [0.05, 0.1) is 12.7 Å². The maximum Gasteiger partial charge on any atom is 0.354 e. The molecule has 0 aliphatic rings. The number of rotatable bonds is 3. The predicted molar refractivity (Wildman–Crippen MR) is 47.1 cm³/mol. The van der Waals surface area contributed by atoms with Gasteiger partial charge in [0, 0.05) is 0 Å². The molecule has 0 bridgehead atoms. The molecule has 0 saturated heterocycles. The van der Waals surface area contributed by atoms with Crippen molar-refractivity contribution in [2.75, 3.05) is 12.8 Å². The van der Waals surface area contributed by atoms with E-state index < -0.39 is 23.7 Å². The molecule has 0 aliphatic carbocycles. The highest BCUT2D eigenvalue weighted by Crippen LogP contribution is 2.33. The minimum Gasteiger partial charge on any atom is -0.492 e. The Balaban J connectivity index is 3.38. The molecule has 1 aromatic rings. The molecule has 1 rings (SSSR count). The molecule has 5 nitrogen and oxygen atoms in total. The van der Waals surface area contributed by atoms with Crippen molar-refractivity contribution >= 4 is 11.8 Å². The van der Waals surface area contributed by atoms with Gasteiger partial charge in [-0.3, -0.25) is 0 Å². The molecule has 0 spiro atoms. The number of hydrogen-bond acceptors (Lipinski definition) is 4. The number of hydrogen-bond donors (Lipinski definition) is 2. The van der Waals surface area contributed by atoms with Crippen molar-refractivity contribution in [1.29, 1.82) is 0 Å². The molecule has 0 fully saturated rings. The molecule has 0 radical (unpaired) electrons. The van der Waals surface area contributed by atoms with Gasteiger partial charge in [0.15, 0.2) is 17.3 Å². The van der Waals surface area contributed by atoms with Crippen molar-refractivity contribution < 1.29 is 23.4 Å². The summed E-state index contributed by atoms with van der Waals surface area (Å²) in [5.41, 5.74) is 4.16. The Morgan fingerprint density at radius 2 is 2.27 bits per heavy atom. The zero-order valence-electron chi connectivity index (χ0n) is 7.70. The second-order valence-electron chi connectivity index (χ2n) is 2.62. The molecule has 3 N–H and O–H groups in total. The fourth-order valence-electron chi connectivity index (χ4n) is 1.07. The molecule has 0 unspecified atom stereocenters. The van der Waals surface area contributed by atoms with E-state index in [-0.39, 0.29) is 11.6 Å². The number of alkyl halides is 2. The summed E-state index contributed by atoms with van der Waals surface area (Å²) in [5, 5.41) is 8.58. The Labute approximate surface area is 83.5 Å². The number of aromatic nitrogens is 1. The Morgan fingerprint density at radius 3 is 2.67 bits per heavy atom. The topological polar surface area (TPSA) is 85.4 Å². The molecule has 0 aromatic carbocycles. The van der Waals surface area contributed by atoms with E-state index >= 15 is 0 Å². The summed E-state index contributed by atoms with van der Waals surface area (Å²) in [7, 11) is 1.15. The van der Waals surface area contributed by atoms with Gasteiger partial charge in [-0.05, 0) is 6.07 Å². The number of pyridine rings is 1. The van der Waals surface area contributed by atoms with Crippen molar-refractivity contribution in [2.45, 2.75) is 6.43 Å². The predicted octanol–water partition coefficient (Wildman–Crippen LogP) is 1.31. The van der Waals surface area contributed by atoms with Crippen LogP contribution < -0.4 is 10.5 Å². The maximum absolute atomic E-state index is 12.5. The molecule has 0 amide bonds. The van der Waals surface area contributed by atoms with Crippen LogP contribution in [0.4, 0.5) is 14.6 Å². The Kier molecular flexibility index (Phi) is 3.03. The van der Waals surface area contributed by atoms with Gasteiger partial charge in [-0.1, -0.05) is 0 Å². The largest absolute Gasteiger partial charge is 0.492 e. The Hall–Kier alpha value is -1.92. The van der Waals surface area contributed by atoms with Gasteiger partial charge < -0.3 is 15.6 Å². The number of ether oxygens (including phenoxy) is 1. The van der Waals surface area contributed by atoms with Gasteiger partial charge in [-0.15, -0.1) is 0 Å². The SMILES string of the molecule is COc1c(C(F)F)cc(C(=O)O)nc1N. The van der Waals surface area contributed by atoms with Crippen LogP contribution in [0.2, 0.25) is 0 Å². The monoisotopic (exact) mass is 218 g/mol. The van der Waals surface area contributed by atoms with E-state index in [1.807, 2.05) is 0 Å². The van der Waals surface area contributed by atoms with E-state index in [0.29, 0.717) is 0 Å². The van der Waals surface area contributed by atoms with Crippen LogP contribution >= 0.6 is 0 Å². The first-order chi connectivity index (χ1) is 6.97. The van der Waals surface area contributed by atoms with Crippen molar-refractivity contribution in [1.82, 2.24) is 4.98 Å². The minimum atomic E-state index is -2.87. The van der Waals surface area contributed by atoms with Crippen LogP contribution in [0.3, 0.4) is 0 Å². The normalized spacial score (nSPS) is 10.4.